The summed E-state index contributed by atoms with van der Waals surface area (Å²) >= 11 is 0. The third kappa shape index (κ3) is 4.72. The van der Waals surface area contributed by atoms with Crippen LogP contribution in [0.4, 0.5) is 4.79 Å². The molecule has 0 unspecified atom stereocenters. The van der Waals surface area contributed by atoms with Gasteiger partial charge in [0.1, 0.15) is 11.4 Å². The number of hydrogen-bond donors (Lipinski definition) is 0. The predicted molar refractivity (Wildman–Crippen MR) is 67.5 cm³/mol. The summed E-state index contributed by atoms with van der Waals surface area (Å²) in [6.45, 7) is 11.0. The molecule has 0 fully saturated rings. The van der Waals surface area contributed by atoms with Crippen molar-refractivity contribution in [2.45, 2.75) is 33.3 Å². The molecule has 0 saturated heterocycles. The summed E-state index contributed by atoms with van der Waals surface area (Å²) in [7, 11) is 0. The monoisotopic (exact) mass is 234 g/mol. The topological polar surface area (TPSA) is 35.5 Å². The molecule has 3 nitrogen and oxygen atoms in total. The zero-order chi connectivity index (χ0) is 13.1. The summed E-state index contributed by atoms with van der Waals surface area (Å²) in [4.78, 5) is 11.4. The second kappa shape index (κ2) is 5.04. The van der Waals surface area contributed by atoms with Gasteiger partial charge in [-0.25, -0.2) is 4.79 Å². The van der Waals surface area contributed by atoms with Crippen molar-refractivity contribution in [2.75, 3.05) is 0 Å². The highest BCUT2D eigenvalue weighted by atomic mass is 16.7. The van der Waals surface area contributed by atoms with Crippen LogP contribution in [0, 0.1) is 6.92 Å². The Balaban J connectivity index is 2.61. The van der Waals surface area contributed by atoms with E-state index < -0.39 is 11.8 Å². The third-order valence-electron chi connectivity index (χ3n) is 1.97. The Morgan fingerprint density at radius 2 is 1.71 bits per heavy atom. The highest BCUT2D eigenvalue weighted by Gasteiger charge is 2.18. The standard InChI is InChI=1S/C14H18O3/c1-10-6-8-12(9-7-10)11(2)16-13(15)17-14(3,4)5/h6-9H,2H2,1,3-5H3. The van der Waals surface area contributed by atoms with Gasteiger partial charge in [0.25, 0.3) is 0 Å². The highest BCUT2D eigenvalue weighted by molar-refractivity contribution is 5.72. The number of carbonyl (C=O) groups excluding carboxylic acids is 1. The molecule has 3 heteroatoms. The molecule has 0 aromatic heterocycles. The predicted octanol–water partition coefficient (Wildman–Crippen LogP) is 3.92. The summed E-state index contributed by atoms with van der Waals surface area (Å²) in [5.41, 5.74) is 1.34. The third-order valence-corrected chi connectivity index (χ3v) is 1.97. The van der Waals surface area contributed by atoms with Crippen LogP contribution in [0.5, 0.6) is 0 Å². The Hall–Kier alpha value is -1.77. The molecular weight excluding hydrogens is 216 g/mol. The molecule has 0 bridgehead atoms. The zero-order valence-electron chi connectivity index (χ0n) is 10.7. The summed E-state index contributed by atoms with van der Waals surface area (Å²) in [6, 6.07) is 7.56. The fourth-order valence-electron chi connectivity index (χ4n) is 1.17. The molecule has 1 aromatic carbocycles. The average molecular weight is 234 g/mol. The number of rotatable bonds is 2. The van der Waals surface area contributed by atoms with Crippen molar-refractivity contribution in [3.8, 4) is 0 Å². The van der Waals surface area contributed by atoms with Crippen LogP contribution in [0.3, 0.4) is 0 Å². The van der Waals surface area contributed by atoms with Gasteiger partial charge in [0.15, 0.2) is 0 Å². The molecule has 0 heterocycles. The Morgan fingerprint density at radius 3 is 2.18 bits per heavy atom. The molecule has 0 aliphatic heterocycles. The van der Waals surface area contributed by atoms with Gasteiger partial charge in [-0.1, -0.05) is 36.4 Å². The highest BCUT2D eigenvalue weighted by Crippen LogP contribution is 2.17. The number of hydrogen-bond acceptors (Lipinski definition) is 3. The first kappa shape index (κ1) is 13.3. The van der Waals surface area contributed by atoms with Gasteiger partial charge in [-0.3, -0.25) is 0 Å². The van der Waals surface area contributed by atoms with Crippen molar-refractivity contribution in [3.05, 3.63) is 42.0 Å². The lowest BCUT2D eigenvalue weighted by Gasteiger charge is -2.19. The second-order valence-electron chi connectivity index (χ2n) is 4.86. The van der Waals surface area contributed by atoms with E-state index in [0.29, 0.717) is 5.76 Å². The van der Waals surface area contributed by atoms with Crippen molar-refractivity contribution in [1.82, 2.24) is 0 Å². The zero-order valence-corrected chi connectivity index (χ0v) is 10.7. The van der Waals surface area contributed by atoms with E-state index in [4.69, 9.17) is 9.47 Å². The second-order valence-corrected chi connectivity index (χ2v) is 4.86. The quantitative estimate of drug-likeness (QED) is 0.574. The van der Waals surface area contributed by atoms with E-state index in [9.17, 15) is 4.79 Å². The lowest BCUT2D eigenvalue weighted by molar-refractivity contribution is 0.0149. The SMILES string of the molecule is C=C(OC(=O)OC(C)(C)C)c1ccc(C)cc1. The average Bonchev–Trinajstić information content (AvgIpc) is 2.15. The van der Waals surface area contributed by atoms with Crippen LogP contribution < -0.4 is 0 Å². The Morgan fingerprint density at radius 1 is 1.18 bits per heavy atom. The van der Waals surface area contributed by atoms with E-state index in [1.807, 2.05) is 31.2 Å². The van der Waals surface area contributed by atoms with E-state index in [1.54, 1.807) is 20.8 Å². The minimum atomic E-state index is -0.733. The fraction of sp³-hybridized carbons (Fsp3) is 0.357. The summed E-state index contributed by atoms with van der Waals surface area (Å²) in [5.74, 6) is 0.291. The van der Waals surface area contributed by atoms with E-state index >= 15 is 0 Å². The molecule has 0 amide bonds. The van der Waals surface area contributed by atoms with Crippen LogP contribution in [0.15, 0.2) is 30.8 Å². The minimum Gasteiger partial charge on any atom is -0.428 e. The van der Waals surface area contributed by atoms with Gasteiger partial charge in [0, 0.05) is 5.56 Å². The molecule has 92 valence electrons. The molecule has 0 N–H and O–H groups in total. The maximum Gasteiger partial charge on any atom is 0.514 e. The van der Waals surface area contributed by atoms with E-state index in [1.165, 1.54) is 0 Å². The van der Waals surface area contributed by atoms with Crippen LogP contribution in [0.1, 0.15) is 31.9 Å². The molecule has 1 aromatic rings. The normalized spacial score (nSPS) is 10.8. The van der Waals surface area contributed by atoms with Gasteiger partial charge in [-0.15, -0.1) is 0 Å². The Bertz CT molecular complexity index is 410. The van der Waals surface area contributed by atoms with Crippen LogP contribution in [0.25, 0.3) is 5.76 Å². The van der Waals surface area contributed by atoms with Crippen LogP contribution >= 0.6 is 0 Å². The van der Waals surface area contributed by atoms with Crippen LogP contribution in [-0.4, -0.2) is 11.8 Å². The van der Waals surface area contributed by atoms with Gasteiger partial charge in [0.05, 0.1) is 0 Å². The van der Waals surface area contributed by atoms with E-state index in [0.717, 1.165) is 11.1 Å². The van der Waals surface area contributed by atoms with Gasteiger partial charge >= 0.3 is 6.16 Å². The van der Waals surface area contributed by atoms with Crippen molar-refractivity contribution in [1.29, 1.82) is 0 Å². The van der Waals surface area contributed by atoms with Gasteiger partial charge in [-0.2, -0.15) is 0 Å². The minimum absolute atomic E-state index is 0.291. The fourth-order valence-corrected chi connectivity index (χ4v) is 1.17. The lowest BCUT2D eigenvalue weighted by Crippen LogP contribution is -2.24. The molecule has 0 aliphatic rings. The Labute approximate surface area is 102 Å². The molecule has 0 spiro atoms. The van der Waals surface area contributed by atoms with Crippen LogP contribution in [0.2, 0.25) is 0 Å². The molecule has 0 atom stereocenters. The van der Waals surface area contributed by atoms with Crippen molar-refractivity contribution < 1.29 is 14.3 Å². The van der Waals surface area contributed by atoms with E-state index in [-0.39, 0.29) is 0 Å². The molecule has 17 heavy (non-hydrogen) atoms. The van der Waals surface area contributed by atoms with Crippen molar-refractivity contribution >= 4 is 11.9 Å². The molecule has 0 radical (unpaired) electrons. The van der Waals surface area contributed by atoms with Gasteiger partial charge < -0.3 is 9.47 Å². The van der Waals surface area contributed by atoms with Gasteiger partial charge in [-0.05, 0) is 27.7 Å². The first-order valence-electron chi connectivity index (χ1n) is 5.45. The van der Waals surface area contributed by atoms with Crippen molar-refractivity contribution in [2.24, 2.45) is 0 Å². The first-order valence-corrected chi connectivity index (χ1v) is 5.45. The van der Waals surface area contributed by atoms with Gasteiger partial charge in [0.2, 0.25) is 0 Å². The molecule has 1 rings (SSSR count). The van der Waals surface area contributed by atoms with Crippen molar-refractivity contribution in [3.63, 3.8) is 0 Å². The smallest absolute Gasteiger partial charge is 0.428 e. The van der Waals surface area contributed by atoms with E-state index in [2.05, 4.69) is 6.58 Å². The summed E-state index contributed by atoms with van der Waals surface area (Å²) in [6.07, 6.45) is -0.733. The maximum atomic E-state index is 11.4. The summed E-state index contributed by atoms with van der Waals surface area (Å²) < 4.78 is 10.0. The largest absolute Gasteiger partial charge is 0.514 e. The molecule has 0 aliphatic carbocycles. The maximum absolute atomic E-state index is 11.4. The Kier molecular flexibility index (Phi) is 3.94. The number of ether oxygens (including phenoxy) is 2. The number of carbonyl (C=O) groups is 1. The first-order chi connectivity index (χ1) is 7.78. The molecule has 0 saturated carbocycles. The van der Waals surface area contributed by atoms with Crippen LogP contribution in [-0.2, 0) is 9.47 Å². The molecular formula is C14H18O3. The number of benzene rings is 1. The number of aryl methyl sites for hydroxylation is 1. The lowest BCUT2D eigenvalue weighted by atomic mass is 10.1. The summed E-state index contributed by atoms with van der Waals surface area (Å²) in [5, 5.41) is 0.